The van der Waals surface area contributed by atoms with E-state index in [1.807, 2.05) is 4.90 Å². The smallest absolute Gasteiger partial charge is 0.261 e. The second-order valence-corrected chi connectivity index (χ2v) is 7.97. The molecule has 3 amide bonds. The Bertz CT molecular complexity index is 961. The first-order chi connectivity index (χ1) is 14.5. The molecular formula is C24H26N2O4. The van der Waals surface area contributed by atoms with Gasteiger partial charge in [-0.05, 0) is 55.0 Å². The summed E-state index contributed by atoms with van der Waals surface area (Å²) < 4.78 is 5.44. The maximum atomic E-state index is 13.3. The first-order valence-corrected chi connectivity index (χ1v) is 10.4. The topological polar surface area (TPSA) is 66.9 Å². The van der Waals surface area contributed by atoms with Crippen LogP contribution in [0.2, 0.25) is 0 Å². The molecule has 0 N–H and O–H groups in total. The van der Waals surface area contributed by atoms with E-state index in [4.69, 9.17) is 4.74 Å². The molecular weight excluding hydrogens is 380 g/mol. The van der Waals surface area contributed by atoms with E-state index in [1.165, 1.54) is 17.7 Å². The Hall–Kier alpha value is -3.15. The predicted molar refractivity (Wildman–Crippen MR) is 113 cm³/mol. The van der Waals surface area contributed by atoms with Crippen LogP contribution < -0.4 is 4.74 Å². The van der Waals surface area contributed by atoms with E-state index >= 15 is 0 Å². The molecule has 0 bridgehead atoms. The molecule has 0 atom stereocenters. The summed E-state index contributed by atoms with van der Waals surface area (Å²) in [6.45, 7) is 3.63. The molecule has 0 unspecified atom stereocenters. The molecule has 0 saturated heterocycles. The molecule has 1 saturated carbocycles. The molecule has 30 heavy (non-hydrogen) atoms. The zero-order valence-electron chi connectivity index (χ0n) is 17.4. The second-order valence-electron chi connectivity index (χ2n) is 7.97. The summed E-state index contributed by atoms with van der Waals surface area (Å²) in [5, 5.41) is 0. The van der Waals surface area contributed by atoms with Crippen LogP contribution in [-0.2, 0) is 6.54 Å². The molecule has 6 nitrogen and oxygen atoms in total. The van der Waals surface area contributed by atoms with Crippen molar-refractivity contribution < 1.29 is 19.1 Å². The Kier molecular flexibility index (Phi) is 5.57. The lowest BCUT2D eigenvalue weighted by molar-refractivity contribution is 0.0642. The summed E-state index contributed by atoms with van der Waals surface area (Å²) in [6, 6.07) is 12.1. The molecule has 0 radical (unpaired) electrons. The molecule has 2 aromatic rings. The van der Waals surface area contributed by atoms with Crippen molar-refractivity contribution in [3.63, 3.8) is 0 Å². The number of amides is 3. The fourth-order valence-corrected chi connectivity index (χ4v) is 3.91. The van der Waals surface area contributed by atoms with Gasteiger partial charge in [0.2, 0.25) is 0 Å². The van der Waals surface area contributed by atoms with E-state index in [0.717, 1.165) is 18.5 Å². The van der Waals surface area contributed by atoms with Gasteiger partial charge in [-0.3, -0.25) is 19.3 Å². The van der Waals surface area contributed by atoms with Gasteiger partial charge in [-0.2, -0.15) is 0 Å². The fraction of sp³-hybridized carbons (Fsp3) is 0.375. The predicted octanol–water partition coefficient (Wildman–Crippen LogP) is 3.75. The number of carbonyl (C=O) groups excluding carboxylic acids is 3. The summed E-state index contributed by atoms with van der Waals surface area (Å²) in [4.78, 5) is 41.8. The van der Waals surface area contributed by atoms with Crippen molar-refractivity contribution in [2.45, 2.75) is 32.7 Å². The molecule has 1 aliphatic carbocycles. The molecule has 1 fully saturated rings. The van der Waals surface area contributed by atoms with E-state index in [1.54, 1.807) is 49.6 Å². The third-order valence-corrected chi connectivity index (χ3v) is 5.67. The van der Waals surface area contributed by atoms with Crippen molar-refractivity contribution in [3.8, 4) is 5.75 Å². The molecule has 1 heterocycles. The minimum atomic E-state index is -0.305. The average Bonchev–Trinajstić information content (AvgIpc) is 3.56. The Morgan fingerprint density at radius 3 is 2.33 bits per heavy atom. The molecule has 0 aromatic heterocycles. The number of fused-ring (bicyclic) bond motifs is 1. The van der Waals surface area contributed by atoms with Crippen LogP contribution in [0.1, 0.15) is 62.8 Å². The lowest BCUT2D eigenvalue weighted by Gasteiger charge is -2.24. The SMILES string of the molecule is CCCN(CC1CC1)C(=O)c1cc(CN2C(=O)c3ccccc3C2=O)ccc1OC. The Morgan fingerprint density at radius 1 is 1.10 bits per heavy atom. The summed E-state index contributed by atoms with van der Waals surface area (Å²) in [5.41, 5.74) is 2.04. The molecule has 1 aliphatic heterocycles. The van der Waals surface area contributed by atoms with E-state index in [-0.39, 0.29) is 24.3 Å². The lowest BCUT2D eigenvalue weighted by Crippen LogP contribution is -2.34. The maximum absolute atomic E-state index is 13.3. The Labute approximate surface area is 176 Å². The van der Waals surface area contributed by atoms with Gasteiger partial charge in [0.25, 0.3) is 17.7 Å². The van der Waals surface area contributed by atoms with Crippen LogP contribution in [0.15, 0.2) is 42.5 Å². The highest BCUT2D eigenvalue weighted by molar-refractivity contribution is 6.21. The summed E-state index contributed by atoms with van der Waals surface area (Å²) in [5.74, 6) is 0.419. The second kappa shape index (κ2) is 8.30. The first kappa shape index (κ1) is 20.1. The van der Waals surface area contributed by atoms with Crippen LogP contribution in [0, 0.1) is 5.92 Å². The van der Waals surface area contributed by atoms with Gasteiger partial charge >= 0.3 is 0 Å². The highest BCUT2D eigenvalue weighted by atomic mass is 16.5. The van der Waals surface area contributed by atoms with Gasteiger partial charge in [0.1, 0.15) is 5.75 Å². The zero-order chi connectivity index (χ0) is 21.3. The van der Waals surface area contributed by atoms with E-state index in [9.17, 15) is 14.4 Å². The van der Waals surface area contributed by atoms with Crippen molar-refractivity contribution in [2.75, 3.05) is 20.2 Å². The zero-order valence-corrected chi connectivity index (χ0v) is 17.4. The highest BCUT2D eigenvalue weighted by Gasteiger charge is 2.35. The van der Waals surface area contributed by atoms with Crippen LogP contribution in [0.3, 0.4) is 0 Å². The Morgan fingerprint density at radius 2 is 1.77 bits per heavy atom. The standard InChI is InChI=1S/C24H26N2O4/c1-3-12-25(14-16-8-9-16)22(27)20-13-17(10-11-21(20)30-2)15-26-23(28)18-6-4-5-7-19(18)24(26)29/h4-7,10-11,13,16H,3,8-9,12,14-15H2,1-2H3. The summed E-state index contributed by atoms with van der Waals surface area (Å²) in [7, 11) is 1.54. The molecule has 4 rings (SSSR count). The number of carbonyl (C=O) groups is 3. The largest absolute Gasteiger partial charge is 0.496 e. The number of nitrogens with zero attached hydrogens (tertiary/aromatic N) is 2. The number of hydrogen-bond acceptors (Lipinski definition) is 4. The Balaban J connectivity index is 1.59. The van der Waals surface area contributed by atoms with Crippen molar-refractivity contribution in [2.24, 2.45) is 5.92 Å². The van der Waals surface area contributed by atoms with Gasteiger partial charge in [0.05, 0.1) is 30.3 Å². The molecule has 2 aliphatic rings. The number of ether oxygens (including phenoxy) is 1. The van der Waals surface area contributed by atoms with Gasteiger partial charge < -0.3 is 9.64 Å². The first-order valence-electron chi connectivity index (χ1n) is 10.4. The maximum Gasteiger partial charge on any atom is 0.261 e. The molecule has 156 valence electrons. The van der Waals surface area contributed by atoms with Crippen molar-refractivity contribution in [1.29, 1.82) is 0 Å². The van der Waals surface area contributed by atoms with Gasteiger partial charge in [-0.1, -0.05) is 25.1 Å². The quantitative estimate of drug-likeness (QED) is 0.626. The highest BCUT2D eigenvalue weighted by Crippen LogP contribution is 2.31. The molecule has 6 heteroatoms. The summed E-state index contributed by atoms with van der Waals surface area (Å²) in [6.07, 6.45) is 3.23. The van der Waals surface area contributed by atoms with Crippen molar-refractivity contribution in [1.82, 2.24) is 9.80 Å². The van der Waals surface area contributed by atoms with E-state index in [2.05, 4.69) is 6.92 Å². The molecule has 0 spiro atoms. The van der Waals surface area contributed by atoms with Crippen LogP contribution in [0.4, 0.5) is 0 Å². The number of imide groups is 1. The van der Waals surface area contributed by atoms with Crippen LogP contribution in [0.5, 0.6) is 5.75 Å². The number of hydrogen-bond donors (Lipinski definition) is 0. The van der Waals surface area contributed by atoms with E-state index in [0.29, 0.717) is 34.9 Å². The van der Waals surface area contributed by atoms with Gasteiger partial charge in [0, 0.05) is 13.1 Å². The average molecular weight is 406 g/mol. The van der Waals surface area contributed by atoms with Crippen LogP contribution in [-0.4, -0.2) is 47.7 Å². The summed E-state index contributed by atoms with van der Waals surface area (Å²) >= 11 is 0. The monoisotopic (exact) mass is 406 g/mol. The third-order valence-electron chi connectivity index (χ3n) is 5.67. The number of benzene rings is 2. The van der Waals surface area contributed by atoms with Crippen LogP contribution >= 0.6 is 0 Å². The minimum absolute atomic E-state index is 0.0650. The van der Waals surface area contributed by atoms with Gasteiger partial charge in [0.15, 0.2) is 0 Å². The normalized spacial score (nSPS) is 15.3. The van der Waals surface area contributed by atoms with E-state index < -0.39 is 0 Å². The fourth-order valence-electron chi connectivity index (χ4n) is 3.91. The number of methoxy groups -OCH3 is 1. The molecule has 2 aromatic carbocycles. The number of rotatable bonds is 8. The minimum Gasteiger partial charge on any atom is -0.496 e. The van der Waals surface area contributed by atoms with Crippen molar-refractivity contribution in [3.05, 3.63) is 64.7 Å². The lowest BCUT2D eigenvalue weighted by atomic mass is 10.1. The van der Waals surface area contributed by atoms with Gasteiger partial charge in [-0.25, -0.2) is 0 Å². The third kappa shape index (κ3) is 3.82. The van der Waals surface area contributed by atoms with Crippen LogP contribution in [0.25, 0.3) is 0 Å². The van der Waals surface area contributed by atoms with Gasteiger partial charge in [-0.15, -0.1) is 0 Å². The van der Waals surface area contributed by atoms with Crippen molar-refractivity contribution >= 4 is 17.7 Å².